The summed E-state index contributed by atoms with van der Waals surface area (Å²) in [5.74, 6) is 2.06. The molecule has 0 aliphatic carbocycles. The van der Waals surface area contributed by atoms with Gasteiger partial charge in [0.2, 0.25) is 5.91 Å². The van der Waals surface area contributed by atoms with E-state index in [9.17, 15) is 4.79 Å². The molecule has 0 radical (unpaired) electrons. The number of likely N-dealkylation sites (tertiary alicyclic amines) is 1. The molecule has 39 heavy (non-hydrogen) atoms. The molecule has 6 heteroatoms. The third-order valence-corrected chi connectivity index (χ3v) is 8.01. The zero-order valence-corrected chi connectivity index (χ0v) is 22.4. The van der Waals surface area contributed by atoms with Gasteiger partial charge in [0.15, 0.2) is 0 Å². The topological polar surface area (TPSA) is 51.2 Å². The Morgan fingerprint density at radius 2 is 1.46 bits per heavy atom. The quantitative estimate of drug-likeness (QED) is 0.298. The highest BCUT2D eigenvalue weighted by Crippen LogP contribution is 2.51. The number of carbonyl (C=O) groups excluding carboxylic acids is 1. The Balaban J connectivity index is 1.46. The second kappa shape index (κ2) is 10.4. The molecule has 6 rings (SSSR count). The van der Waals surface area contributed by atoms with E-state index in [4.69, 9.17) is 14.2 Å². The van der Waals surface area contributed by atoms with Crippen LogP contribution in [0.2, 0.25) is 0 Å². The third kappa shape index (κ3) is 4.36. The van der Waals surface area contributed by atoms with Gasteiger partial charge in [-0.05, 0) is 53.6 Å². The standard InChI is InChI=1S/C33H32N2O4/c1-37-25-16-13-22(14-17-25)31-27-11-7-8-12-28(27)35(24-9-5-4-6-10-24)29-21-34(33(36)32(29)31)20-23-15-18-26(38-2)19-30(23)39-3/h4-19,29,31-32H,20-21H2,1-3H3/t29-,31-,32-/m1/s1. The molecule has 4 aromatic rings. The van der Waals surface area contributed by atoms with E-state index in [0.717, 1.165) is 39.6 Å². The number of ether oxygens (including phenoxy) is 3. The maximum atomic E-state index is 14.4. The molecule has 0 spiro atoms. The van der Waals surface area contributed by atoms with Crippen LogP contribution in [0.1, 0.15) is 22.6 Å². The summed E-state index contributed by atoms with van der Waals surface area (Å²) in [6.07, 6.45) is 0. The predicted molar refractivity (Wildman–Crippen MR) is 152 cm³/mol. The highest BCUT2D eigenvalue weighted by Gasteiger charge is 2.52. The molecule has 4 aromatic carbocycles. The lowest BCUT2D eigenvalue weighted by Crippen LogP contribution is -2.45. The van der Waals surface area contributed by atoms with Crippen molar-refractivity contribution >= 4 is 17.3 Å². The lowest BCUT2D eigenvalue weighted by atomic mass is 9.73. The van der Waals surface area contributed by atoms with E-state index in [-0.39, 0.29) is 23.8 Å². The zero-order chi connectivity index (χ0) is 26.9. The second-order valence-corrected chi connectivity index (χ2v) is 10.0. The molecular weight excluding hydrogens is 488 g/mol. The van der Waals surface area contributed by atoms with Crippen molar-refractivity contribution < 1.29 is 19.0 Å². The maximum absolute atomic E-state index is 14.4. The van der Waals surface area contributed by atoms with E-state index in [1.807, 2.05) is 41.3 Å². The van der Waals surface area contributed by atoms with Gasteiger partial charge in [0.25, 0.3) is 0 Å². The van der Waals surface area contributed by atoms with Gasteiger partial charge in [0, 0.05) is 42.0 Å². The lowest BCUT2D eigenvalue weighted by molar-refractivity contribution is -0.131. The minimum absolute atomic E-state index is 0.0360. The summed E-state index contributed by atoms with van der Waals surface area (Å²) in [6, 6.07) is 32.8. The number of para-hydroxylation sites is 2. The Morgan fingerprint density at radius 3 is 2.18 bits per heavy atom. The fourth-order valence-electron chi connectivity index (χ4n) is 6.20. The number of rotatable bonds is 7. The van der Waals surface area contributed by atoms with Crippen molar-refractivity contribution in [3.63, 3.8) is 0 Å². The molecule has 0 unspecified atom stereocenters. The Hall–Kier alpha value is -4.45. The number of benzene rings is 4. The number of hydrogen-bond donors (Lipinski definition) is 0. The van der Waals surface area contributed by atoms with Gasteiger partial charge in [0.05, 0.1) is 33.3 Å². The maximum Gasteiger partial charge on any atom is 0.229 e. The van der Waals surface area contributed by atoms with Crippen molar-refractivity contribution in [3.8, 4) is 17.2 Å². The number of fused-ring (bicyclic) bond motifs is 2. The van der Waals surface area contributed by atoms with E-state index in [1.165, 1.54) is 0 Å². The summed E-state index contributed by atoms with van der Waals surface area (Å²) >= 11 is 0. The fourth-order valence-corrected chi connectivity index (χ4v) is 6.20. The van der Waals surface area contributed by atoms with Gasteiger partial charge in [-0.25, -0.2) is 0 Å². The summed E-state index contributed by atoms with van der Waals surface area (Å²) in [5.41, 5.74) is 5.45. The van der Waals surface area contributed by atoms with Gasteiger partial charge in [-0.15, -0.1) is 0 Å². The van der Waals surface area contributed by atoms with Crippen molar-refractivity contribution in [1.29, 1.82) is 0 Å². The van der Waals surface area contributed by atoms with Crippen molar-refractivity contribution in [2.24, 2.45) is 5.92 Å². The summed E-state index contributed by atoms with van der Waals surface area (Å²) in [7, 11) is 4.96. The monoisotopic (exact) mass is 520 g/mol. The van der Waals surface area contributed by atoms with Crippen molar-refractivity contribution in [1.82, 2.24) is 4.90 Å². The van der Waals surface area contributed by atoms with Crippen LogP contribution in [0.25, 0.3) is 0 Å². The first-order valence-electron chi connectivity index (χ1n) is 13.2. The molecule has 3 atom stereocenters. The van der Waals surface area contributed by atoms with Crippen LogP contribution < -0.4 is 19.1 Å². The molecular formula is C33H32N2O4. The van der Waals surface area contributed by atoms with Crippen LogP contribution in [0.3, 0.4) is 0 Å². The average Bonchev–Trinajstić information content (AvgIpc) is 3.31. The van der Waals surface area contributed by atoms with Crippen molar-refractivity contribution in [2.45, 2.75) is 18.5 Å². The highest BCUT2D eigenvalue weighted by molar-refractivity contribution is 5.88. The Kier molecular flexibility index (Phi) is 6.61. The summed E-state index contributed by atoms with van der Waals surface area (Å²) in [4.78, 5) is 18.7. The largest absolute Gasteiger partial charge is 0.497 e. The van der Waals surface area contributed by atoms with Gasteiger partial charge in [-0.2, -0.15) is 0 Å². The first-order chi connectivity index (χ1) is 19.1. The van der Waals surface area contributed by atoms with Crippen molar-refractivity contribution in [3.05, 3.63) is 114 Å². The van der Waals surface area contributed by atoms with Gasteiger partial charge in [0.1, 0.15) is 17.2 Å². The Bertz CT molecular complexity index is 1470. The predicted octanol–water partition coefficient (Wildman–Crippen LogP) is 6.02. The van der Waals surface area contributed by atoms with Crippen molar-refractivity contribution in [2.75, 3.05) is 32.8 Å². The molecule has 1 fully saturated rings. The van der Waals surface area contributed by atoms with Gasteiger partial charge >= 0.3 is 0 Å². The van der Waals surface area contributed by atoms with E-state index in [0.29, 0.717) is 18.8 Å². The number of hydrogen-bond acceptors (Lipinski definition) is 5. The van der Waals surface area contributed by atoms with Crippen LogP contribution >= 0.6 is 0 Å². The Morgan fingerprint density at radius 1 is 0.769 bits per heavy atom. The van der Waals surface area contributed by atoms with E-state index in [1.54, 1.807) is 21.3 Å². The van der Waals surface area contributed by atoms with Crippen LogP contribution in [0.15, 0.2) is 97.1 Å². The van der Waals surface area contributed by atoms with E-state index >= 15 is 0 Å². The van der Waals surface area contributed by atoms with Gasteiger partial charge in [-0.1, -0.05) is 48.5 Å². The van der Waals surface area contributed by atoms with Crippen LogP contribution in [-0.4, -0.2) is 44.7 Å². The molecule has 1 amide bonds. The minimum atomic E-state index is -0.252. The SMILES string of the molecule is COc1ccc([C@@H]2c3ccccc3N(c3ccccc3)[C@@H]3CN(Cc4ccc(OC)cc4OC)C(=O)[C@@H]23)cc1. The molecule has 2 heterocycles. The summed E-state index contributed by atoms with van der Waals surface area (Å²) in [5, 5.41) is 0. The number of carbonyl (C=O) groups is 1. The first-order valence-corrected chi connectivity index (χ1v) is 13.2. The van der Waals surface area contributed by atoms with E-state index < -0.39 is 0 Å². The number of amides is 1. The average molecular weight is 521 g/mol. The number of anilines is 2. The molecule has 6 nitrogen and oxygen atoms in total. The molecule has 0 saturated carbocycles. The first kappa shape index (κ1) is 24.9. The zero-order valence-electron chi connectivity index (χ0n) is 22.4. The molecule has 0 aromatic heterocycles. The van der Waals surface area contributed by atoms with E-state index in [2.05, 4.69) is 65.6 Å². The molecule has 0 N–H and O–H groups in total. The fraction of sp³-hybridized carbons (Fsp3) is 0.242. The normalized spacial score (nSPS) is 19.9. The minimum Gasteiger partial charge on any atom is -0.497 e. The number of methoxy groups -OCH3 is 3. The van der Waals surface area contributed by atoms with Gasteiger partial charge < -0.3 is 24.0 Å². The molecule has 2 aliphatic rings. The van der Waals surface area contributed by atoms with Crippen LogP contribution in [0.4, 0.5) is 11.4 Å². The Labute approximate surface area is 229 Å². The third-order valence-electron chi connectivity index (χ3n) is 8.01. The smallest absolute Gasteiger partial charge is 0.229 e. The number of nitrogens with zero attached hydrogens (tertiary/aromatic N) is 2. The summed E-state index contributed by atoms with van der Waals surface area (Å²) < 4.78 is 16.5. The lowest BCUT2D eigenvalue weighted by Gasteiger charge is -2.43. The highest BCUT2D eigenvalue weighted by atomic mass is 16.5. The van der Waals surface area contributed by atoms with Gasteiger partial charge in [-0.3, -0.25) is 4.79 Å². The van der Waals surface area contributed by atoms with Crippen LogP contribution in [0, 0.1) is 5.92 Å². The summed E-state index contributed by atoms with van der Waals surface area (Å²) in [6.45, 7) is 1.07. The molecule has 0 bridgehead atoms. The molecule has 198 valence electrons. The molecule has 1 saturated heterocycles. The van der Waals surface area contributed by atoms with Crippen LogP contribution in [0.5, 0.6) is 17.2 Å². The van der Waals surface area contributed by atoms with Crippen LogP contribution in [-0.2, 0) is 11.3 Å². The second-order valence-electron chi connectivity index (χ2n) is 10.0. The molecule has 2 aliphatic heterocycles.